The normalized spacial score (nSPS) is 18.8. The van der Waals surface area contributed by atoms with Crippen molar-refractivity contribution in [1.82, 2.24) is 10.6 Å². The van der Waals surface area contributed by atoms with E-state index in [1.165, 1.54) is 0 Å². The van der Waals surface area contributed by atoms with Gasteiger partial charge >= 0.3 is 6.03 Å². The predicted octanol–water partition coefficient (Wildman–Crippen LogP) is 1.18. The summed E-state index contributed by atoms with van der Waals surface area (Å²) in [5.41, 5.74) is 0.679. The number of benzene rings is 1. The molecule has 0 aromatic heterocycles. The van der Waals surface area contributed by atoms with Crippen LogP contribution in [-0.2, 0) is 0 Å². The van der Waals surface area contributed by atoms with Crippen molar-refractivity contribution < 1.29 is 9.53 Å². The van der Waals surface area contributed by atoms with Gasteiger partial charge < -0.3 is 20.7 Å². The molecule has 5 heteroatoms. The van der Waals surface area contributed by atoms with Gasteiger partial charge in [0.05, 0.1) is 12.8 Å². The van der Waals surface area contributed by atoms with Crippen LogP contribution in [0.25, 0.3) is 0 Å². The molecule has 0 spiro atoms. The van der Waals surface area contributed by atoms with Gasteiger partial charge in [-0.2, -0.15) is 0 Å². The van der Waals surface area contributed by atoms with Crippen LogP contribution >= 0.6 is 0 Å². The van der Waals surface area contributed by atoms with Crippen LogP contribution < -0.4 is 20.7 Å². The summed E-state index contributed by atoms with van der Waals surface area (Å²) in [5.74, 6) is 0.659. The maximum Gasteiger partial charge on any atom is 0.319 e. The van der Waals surface area contributed by atoms with Gasteiger partial charge in [0.2, 0.25) is 0 Å². The lowest BCUT2D eigenvalue weighted by molar-refractivity contribution is 0.249. The smallest absolute Gasteiger partial charge is 0.319 e. The van der Waals surface area contributed by atoms with E-state index < -0.39 is 0 Å². The Morgan fingerprint density at radius 3 is 3.00 bits per heavy atom. The van der Waals surface area contributed by atoms with E-state index in [2.05, 4.69) is 16.0 Å². The second kappa shape index (κ2) is 5.54. The van der Waals surface area contributed by atoms with E-state index in [1.807, 2.05) is 24.3 Å². The molecule has 1 atom stereocenters. The Morgan fingerprint density at radius 1 is 1.47 bits per heavy atom. The number of ether oxygens (including phenoxy) is 1. The fraction of sp³-hybridized carbons (Fsp3) is 0.417. The Bertz CT molecular complexity index is 389. The minimum absolute atomic E-state index is 0.191. The molecule has 0 aliphatic carbocycles. The largest absolute Gasteiger partial charge is 0.495 e. The van der Waals surface area contributed by atoms with E-state index in [0.29, 0.717) is 11.4 Å². The summed E-state index contributed by atoms with van der Waals surface area (Å²) < 4.78 is 5.16. The standard InChI is InChI=1S/C12H17N3O2/c1-17-11-5-3-2-4-10(11)15-12(16)14-9-6-7-13-8-9/h2-5,9,13H,6-8H2,1H3,(H2,14,15,16)/t9-/m0/s1. The lowest BCUT2D eigenvalue weighted by Crippen LogP contribution is -2.39. The molecule has 1 fully saturated rings. The molecule has 0 radical (unpaired) electrons. The number of para-hydroxylation sites is 2. The summed E-state index contributed by atoms with van der Waals surface area (Å²) in [6.45, 7) is 1.79. The SMILES string of the molecule is COc1ccccc1NC(=O)N[C@H]1CCNC1. The molecule has 1 aliphatic heterocycles. The third kappa shape index (κ3) is 3.10. The van der Waals surface area contributed by atoms with Crippen molar-refractivity contribution >= 4 is 11.7 Å². The molecule has 92 valence electrons. The first-order valence-electron chi connectivity index (χ1n) is 5.71. The Hall–Kier alpha value is -1.75. The molecule has 17 heavy (non-hydrogen) atoms. The average Bonchev–Trinajstić information content (AvgIpc) is 2.82. The van der Waals surface area contributed by atoms with Gasteiger partial charge in [-0.15, -0.1) is 0 Å². The van der Waals surface area contributed by atoms with Crippen LogP contribution in [-0.4, -0.2) is 32.3 Å². The van der Waals surface area contributed by atoms with E-state index in [4.69, 9.17) is 4.74 Å². The van der Waals surface area contributed by atoms with Gasteiger partial charge in [-0.1, -0.05) is 12.1 Å². The molecule has 5 nitrogen and oxygen atoms in total. The van der Waals surface area contributed by atoms with Crippen LogP contribution in [0.1, 0.15) is 6.42 Å². The van der Waals surface area contributed by atoms with Gasteiger partial charge in [0.1, 0.15) is 5.75 Å². The van der Waals surface area contributed by atoms with Gasteiger partial charge in [0.15, 0.2) is 0 Å². The van der Waals surface area contributed by atoms with Crippen LogP contribution in [0.3, 0.4) is 0 Å². The number of hydrogen-bond acceptors (Lipinski definition) is 3. The predicted molar refractivity (Wildman–Crippen MR) is 66.4 cm³/mol. The van der Waals surface area contributed by atoms with Crippen molar-refractivity contribution in [2.45, 2.75) is 12.5 Å². The third-order valence-electron chi connectivity index (χ3n) is 2.75. The van der Waals surface area contributed by atoms with Gasteiger partial charge in [-0.05, 0) is 25.1 Å². The molecule has 1 aliphatic rings. The first kappa shape index (κ1) is 11.7. The molecule has 2 rings (SSSR count). The highest BCUT2D eigenvalue weighted by Crippen LogP contribution is 2.22. The van der Waals surface area contributed by atoms with Crippen molar-refractivity contribution in [1.29, 1.82) is 0 Å². The molecule has 2 amide bonds. The van der Waals surface area contributed by atoms with Crippen molar-refractivity contribution in [3.8, 4) is 5.75 Å². The van der Waals surface area contributed by atoms with E-state index in [0.717, 1.165) is 19.5 Å². The number of carbonyl (C=O) groups excluding carboxylic acids is 1. The van der Waals surface area contributed by atoms with Crippen molar-refractivity contribution in [2.24, 2.45) is 0 Å². The lowest BCUT2D eigenvalue weighted by atomic mass is 10.2. The lowest BCUT2D eigenvalue weighted by Gasteiger charge is -2.14. The number of nitrogens with one attached hydrogen (secondary N) is 3. The third-order valence-corrected chi connectivity index (χ3v) is 2.75. The highest BCUT2D eigenvalue weighted by atomic mass is 16.5. The van der Waals surface area contributed by atoms with Crippen LogP contribution in [0.15, 0.2) is 24.3 Å². The van der Waals surface area contributed by atoms with Gasteiger partial charge in [0, 0.05) is 12.6 Å². The van der Waals surface area contributed by atoms with Crippen LogP contribution in [0.5, 0.6) is 5.75 Å². The van der Waals surface area contributed by atoms with E-state index >= 15 is 0 Å². The van der Waals surface area contributed by atoms with Crippen molar-refractivity contribution in [3.05, 3.63) is 24.3 Å². The van der Waals surface area contributed by atoms with E-state index in [9.17, 15) is 4.79 Å². The number of methoxy groups -OCH3 is 1. The Labute approximate surface area is 101 Å². The summed E-state index contributed by atoms with van der Waals surface area (Å²) in [4.78, 5) is 11.7. The molecule has 0 bridgehead atoms. The molecule has 1 heterocycles. The molecule has 0 unspecified atom stereocenters. The Balaban J connectivity index is 1.92. The van der Waals surface area contributed by atoms with Crippen LogP contribution in [0.2, 0.25) is 0 Å². The number of anilines is 1. The number of carbonyl (C=O) groups is 1. The quantitative estimate of drug-likeness (QED) is 0.737. The Kier molecular flexibility index (Phi) is 3.82. The molecular weight excluding hydrogens is 218 g/mol. The molecule has 1 aromatic rings. The highest BCUT2D eigenvalue weighted by Gasteiger charge is 2.16. The van der Waals surface area contributed by atoms with Crippen molar-refractivity contribution in [3.63, 3.8) is 0 Å². The van der Waals surface area contributed by atoms with E-state index in [-0.39, 0.29) is 12.1 Å². The molecule has 0 saturated carbocycles. The molecular formula is C12H17N3O2. The Morgan fingerprint density at radius 2 is 2.29 bits per heavy atom. The summed E-state index contributed by atoms with van der Waals surface area (Å²) in [5, 5.41) is 8.89. The van der Waals surface area contributed by atoms with E-state index in [1.54, 1.807) is 7.11 Å². The second-order valence-electron chi connectivity index (χ2n) is 3.99. The topological polar surface area (TPSA) is 62.4 Å². The second-order valence-corrected chi connectivity index (χ2v) is 3.99. The highest BCUT2D eigenvalue weighted by molar-refractivity contribution is 5.91. The zero-order valence-electron chi connectivity index (χ0n) is 9.82. The number of amides is 2. The summed E-state index contributed by atoms with van der Waals surface area (Å²) in [6, 6.07) is 7.36. The van der Waals surface area contributed by atoms with Crippen LogP contribution in [0, 0.1) is 0 Å². The number of hydrogen-bond donors (Lipinski definition) is 3. The fourth-order valence-electron chi connectivity index (χ4n) is 1.87. The van der Waals surface area contributed by atoms with Crippen molar-refractivity contribution in [2.75, 3.05) is 25.5 Å². The minimum atomic E-state index is -0.191. The molecule has 1 aromatic carbocycles. The summed E-state index contributed by atoms with van der Waals surface area (Å²) in [6.07, 6.45) is 0.972. The fourth-order valence-corrected chi connectivity index (χ4v) is 1.87. The first-order valence-corrected chi connectivity index (χ1v) is 5.71. The summed E-state index contributed by atoms with van der Waals surface area (Å²) in [7, 11) is 1.58. The van der Waals surface area contributed by atoms with Gasteiger partial charge in [-0.25, -0.2) is 4.79 Å². The monoisotopic (exact) mass is 235 g/mol. The minimum Gasteiger partial charge on any atom is -0.495 e. The molecule has 1 saturated heterocycles. The molecule has 3 N–H and O–H groups in total. The average molecular weight is 235 g/mol. The zero-order valence-corrected chi connectivity index (χ0v) is 9.82. The van der Waals surface area contributed by atoms with Gasteiger partial charge in [-0.3, -0.25) is 0 Å². The number of urea groups is 1. The number of rotatable bonds is 3. The first-order chi connectivity index (χ1) is 8.29. The zero-order chi connectivity index (χ0) is 12.1. The van der Waals surface area contributed by atoms with Crippen LogP contribution in [0.4, 0.5) is 10.5 Å². The summed E-state index contributed by atoms with van der Waals surface area (Å²) >= 11 is 0. The maximum atomic E-state index is 11.7. The van der Waals surface area contributed by atoms with Gasteiger partial charge in [0.25, 0.3) is 0 Å². The maximum absolute atomic E-state index is 11.7.